The number of ether oxygens (including phenoxy) is 1. The number of oxazole rings is 1. The molecule has 4 rings (SSSR count). The zero-order valence-electron chi connectivity index (χ0n) is 14.1. The van der Waals surface area contributed by atoms with Gasteiger partial charge in [-0.15, -0.1) is 0 Å². The maximum atomic E-state index is 13.4. The summed E-state index contributed by atoms with van der Waals surface area (Å²) in [5.41, 5.74) is 1.20. The van der Waals surface area contributed by atoms with Gasteiger partial charge < -0.3 is 9.15 Å². The molecule has 2 heterocycles. The van der Waals surface area contributed by atoms with Crippen molar-refractivity contribution in [3.63, 3.8) is 0 Å². The standard InChI is InChI=1S/C19H11BrFN3O4/c20-12-4-5-16-15(7-12)18(17(8-22-16)24(25)26)27-9-14-10-28-19(23-14)11-2-1-3-13(21)6-11/h1-8,10H,9H2. The molecule has 0 saturated carbocycles. The minimum atomic E-state index is -0.552. The van der Waals surface area contributed by atoms with E-state index >= 15 is 0 Å². The van der Waals surface area contributed by atoms with Crippen LogP contribution in [-0.4, -0.2) is 14.9 Å². The molecule has 0 N–H and O–H groups in total. The number of hydrogen-bond acceptors (Lipinski definition) is 6. The van der Waals surface area contributed by atoms with Crippen LogP contribution in [0.25, 0.3) is 22.4 Å². The number of nitrogens with zero attached hydrogens (tertiary/aromatic N) is 3. The third-order valence-electron chi connectivity index (χ3n) is 3.95. The molecular formula is C19H11BrFN3O4. The molecule has 140 valence electrons. The van der Waals surface area contributed by atoms with Gasteiger partial charge in [-0.05, 0) is 36.4 Å². The number of rotatable bonds is 5. The molecular weight excluding hydrogens is 433 g/mol. The van der Waals surface area contributed by atoms with Gasteiger partial charge in [-0.25, -0.2) is 14.4 Å². The Morgan fingerprint density at radius 2 is 2.11 bits per heavy atom. The minimum absolute atomic E-state index is 0.0642. The molecule has 28 heavy (non-hydrogen) atoms. The van der Waals surface area contributed by atoms with Crippen molar-refractivity contribution in [3.05, 3.63) is 81.0 Å². The van der Waals surface area contributed by atoms with E-state index in [0.717, 1.165) is 10.7 Å². The molecule has 0 radical (unpaired) electrons. The average molecular weight is 444 g/mol. The van der Waals surface area contributed by atoms with Gasteiger partial charge in [0.1, 0.15) is 30.6 Å². The first-order chi connectivity index (χ1) is 13.5. The van der Waals surface area contributed by atoms with E-state index in [4.69, 9.17) is 9.15 Å². The number of fused-ring (bicyclic) bond motifs is 1. The number of pyridine rings is 1. The van der Waals surface area contributed by atoms with Gasteiger partial charge in [0.05, 0.1) is 15.8 Å². The molecule has 0 atom stereocenters. The van der Waals surface area contributed by atoms with Gasteiger partial charge in [0.2, 0.25) is 11.6 Å². The number of aromatic nitrogens is 2. The van der Waals surface area contributed by atoms with E-state index in [-0.39, 0.29) is 23.9 Å². The van der Waals surface area contributed by atoms with Crippen molar-refractivity contribution in [2.75, 3.05) is 0 Å². The van der Waals surface area contributed by atoms with E-state index < -0.39 is 10.7 Å². The SMILES string of the molecule is O=[N+]([O-])c1cnc2ccc(Br)cc2c1OCc1coc(-c2cccc(F)c2)n1. The van der Waals surface area contributed by atoms with Crippen molar-refractivity contribution in [2.24, 2.45) is 0 Å². The van der Waals surface area contributed by atoms with Gasteiger partial charge in [-0.3, -0.25) is 10.1 Å². The molecule has 0 spiro atoms. The number of nitro groups is 1. The molecule has 0 aliphatic carbocycles. The van der Waals surface area contributed by atoms with Gasteiger partial charge >= 0.3 is 5.69 Å². The third kappa shape index (κ3) is 3.56. The predicted octanol–water partition coefficient (Wildman–Crippen LogP) is 5.28. The average Bonchev–Trinajstić information content (AvgIpc) is 3.15. The van der Waals surface area contributed by atoms with Crippen LogP contribution in [0.5, 0.6) is 5.75 Å². The second-order valence-corrected chi connectivity index (χ2v) is 6.75. The summed E-state index contributed by atoms with van der Waals surface area (Å²) in [4.78, 5) is 19.2. The van der Waals surface area contributed by atoms with Crippen molar-refractivity contribution in [3.8, 4) is 17.2 Å². The van der Waals surface area contributed by atoms with Gasteiger partial charge in [0.25, 0.3) is 0 Å². The first-order valence-corrected chi connectivity index (χ1v) is 8.86. The fraction of sp³-hybridized carbons (Fsp3) is 0.0526. The van der Waals surface area contributed by atoms with Crippen molar-refractivity contribution in [1.29, 1.82) is 0 Å². The molecule has 0 unspecified atom stereocenters. The Kier molecular flexibility index (Phi) is 4.74. The van der Waals surface area contributed by atoms with Crippen molar-refractivity contribution in [1.82, 2.24) is 9.97 Å². The monoisotopic (exact) mass is 443 g/mol. The van der Waals surface area contributed by atoms with Crippen molar-refractivity contribution >= 4 is 32.5 Å². The summed E-state index contributed by atoms with van der Waals surface area (Å²) in [5, 5.41) is 11.9. The fourth-order valence-corrected chi connectivity index (χ4v) is 3.05. The summed E-state index contributed by atoms with van der Waals surface area (Å²) >= 11 is 3.35. The zero-order chi connectivity index (χ0) is 19.7. The van der Waals surface area contributed by atoms with Crippen LogP contribution in [0, 0.1) is 15.9 Å². The summed E-state index contributed by atoms with van der Waals surface area (Å²) < 4.78 is 25.2. The van der Waals surface area contributed by atoms with E-state index in [0.29, 0.717) is 22.2 Å². The molecule has 0 amide bonds. The molecule has 0 aliphatic heterocycles. The number of benzene rings is 2. The van der Waals surface area contributed by atoms with Crippen LogP contribution in [0.15, 0.2) is 63.8 Å². The molecule has 0 bridgehead atoms. The van der Waals surface area contributed by atoms with Crippen LogP contribution in [0.1, 0.15) is 5.69 Å². The Hall–Kier alpha value is -3.33. The smallest absolute Gasteiger partial charge is 0.329 e. The Balaban J connectivity index is 1.65. The van der Waals surface area contributed by atoms with E-state index in [1.807, 2.05) is 0 Å². The second-order valence-electron chi connectivity index (χ2n) is 5.83. The summed E-state index contributed by atoms with van der Waals surface area (Å²) in [7, 11) is 0. The molecule has 2 aromatic heterocycles. The molecule has 7 nitrogen and oxygen atoms in total. The normalized spacial score (nSPS) is 10.9. The summed E-state index contributed by atoms with van der Waals surface area (Å²) in [5.74, 6) is -0.0838. The highest BCUT2D eigenvalue weighted by Crippen LogP contribution is 2.36. The summed E-state index contributed by atoms with van der Waals surface area (Å²) in [6.07, 6.45) is 2.53. The third-order valence-corrected chi connectivity index (χ3v) is 4.44. The van der Waals surface area contributed by atoms with Crippen LogP contribution in [0.4, 0.5) is 10.1 Å². The Bertz CT molecular complexity index is 1190. The Labute approximate surface area is 166 Å². The molecule has 0 aliphatic rings. The van der Waals surface area contributed by atoms with Crippen LogP contribution in [-0.2, 0) is 6.61 Å². The van der Waals surface area contributed by atoms with Crippen LogP contribution >= 0.6 is 15.9 Å². The summed E-state index contributed by atoms with van der Waals surface area (Å²) in [6, 6.07) is 11.1. The molecule has 0 fully saturated rings. The topological polar surface area (TPSA) is 91.3 Å². The maximum absolute atomic E-state index is 13.4. The van der Waals surface area contributed by atoms with Crippen molar-refractivity contribution < 1.29 is 18.5 Å². The van der Waals surface area contributed by atoms with Crippen LogP contribution in [0.3, 0.4) is 0 Å². The lowest BCUT2D eigenvalue weighted by Crippen LogP contribution is -2.01. The fourth-order valence-electron chi connectivity index (χ4n) is 2.69. The highest BCUT2D eigenvalue weighted by atomic mass is 79.9. The summed E-state index contributed by atoms with van der Waals surface area (Å²) in [6.45, 7) is -0.0642. The van der Waals surface area contributed by atoms with Gasteiger partial charge in [-0.2, -0.15) is 0 Å². The van der Waals surface area contributed by atoms with E-state index in [1.54, 1.807) is 30.3 Å². The lowest BCUT2D eigenvalue weighted by atomic mass is 10.2. The number of hydrogen-bond donors (Lipinski definition) is 0. The van der Waals surface area contributed by atoms with Gasteiger partial charge in [0.15, 0.2) is 0 Å². The van der Waals surface area contributed by atoms with Gasteiger partial charge in [-0.1, -0.05) is 22.0 Å². The quantitative estimate of drug-likeness (QED) is 0.307. The molecule has 2 aromatic carbocycles. The van der Waals surface area contributed by atoms with E-state index in [9.17, 15) is 14.5 Å². The first kappa shape index (κ1) is 18.1. The number of halogens is 2. The lowest BCUT2D eigenvalue weighted by Gasteiger charge is -2.08. The predicted molar refractivity (Wildman–Crippen MR) is 102 cm³/mol. The Morgan fingerprint density at radius 1 is 1.25 bits per heavy atom. The van der Waals surface area contributed by atoms with Crippen LogP contribution in [0.2, 0.25) is 0 Å². The van der Waals surface area contributed by atoms with E-state index in [1.165, 1.54) is 18.4 Å². The first-order valence-electron chi connectivity index (χ1n) is 8.07. The molecule has 0 saturated heterocycles. The van der Waals surface area contributed by atoms with Crippen molar-refractivity contribution in [2.45, 2.75) is 6.61 Å². The second kappa shape index (κ2) is 7.35. The van der Waals surface area contributed by atoms with Crippen LogP contribution < -0.4 is 4.74 Å². The largest absolute Gasteiger partial charge is 0.480 e. The van der Waals surface area contributed by atoms with Gasteiger partial charge in [0, 0.05) is 10.0 Å². The highest BCUT2D eigenvalue weighted by molar-refractivity contribution is 9.10. The molecule has 4 aromatic rings. The minimum Gasteiger partial charge on any atom is -0.480 e. The molecule has 9 heteroatoms. The Morgan fingerprint density at radius 3 is 2.89 bits per heavy atom. The highest BCUT2D eigenvalue weighted by Gasteiger charge is 2.21. The maximum Gasteiger partial charge on any atom is 0.329 e. The zero-order valence-corrected chi connectivity index (χ0v) is 15.7. The van der Waals surface area contributed by atoms with E-state index in [2.05, 4.69) is 25.9 Å². The lowest BCUT2D eigenvalue weighted by molar-refractivity contribution is -0.386.